The third kappa shape index (κ3) is 5.52. The summed E-state index contributed by atoms with van der Waals surface area (Å²) in [5.41, 5.74) is 0. The van der Waals surface area contributed by atoms with Crippen molar-refractivity contribution < 1.29 is 8.42 Å². The summed E-state index contributed by atoms with van der Waals surface area (Å²) in [6.07, 6.45) is 6.37. The second-order valence-corrected chi connectivity index (χ2v) is 8.75. The van der Waals surface area contributed by atoms with Crippen LogP contribution in [0.25, 0.3) is 0 Å². The summed E-state index contributed by atoms with van der Waals surface area (Å²) >= 11 is 1.90. The van der Waals surface area contributed by atoms with Gasteiger partial charge in [0.25, 0.3) is 0 Å². The van der Waals surface area contributed by atoms with E-state index in [9.17, 15) is 8.42 Å². The quantitative estimate of drug-likeness (QED) is 0.745. The standard InChI is InChI=1S/C13H27N3O2S2/c1-19-13-4-2-12(3-5-13)15-20(17,18)11-10-16-8-6-14-7-9-16/h12-15H,2-11H2,1H3. The van der Waals surface area contributed by atoms with Crippen LogP contribution < -0.4 is 10.0 Å². The minimum absolute atomic E-state index is 0.159. The molecule has 0 spiro atoms. The first-order chi connectivity index (χ1) is 9.59. The highest BCUT2D eigenvalue weighted by atomic mass is 32.2. The number of piperazine rings is 1. The minimum Gasteiger partial charge on any atom is -0.314 e. The molecule has 1 heterocycles. The van der Waals surface area contributed by atoms with Crippen LogP contribution >= 0.6 is 11.8 Å². The number of sulfonamides is 1. The van der Waals surface area contributed by atoms with Gasteiger partial charge in [-0.15, -0.1) is 0 Å². The number of rotatable bonds is 6. The maximum absolute atomic E-state index is 12.1. The van der Waals surface area contributed by atoms with Gasteiger partial charge >= 0.3 is 0 Å². The van der Waals surface area contributed by atoms with Crippen molar-refractivity contribution in [1.29, 1.82) is 0 Å². The molecule has 1 aliphatic heterocycles. The highest BCUT2D eigenvalue weighted by molar-refractivity contribution is 7.99. The Morgan fingerprint density at radius 3 is 2.45 bits per heavy atom. The molecule has 2 rings (SSSR count). The fourth-order valence-corrected chi connectivity index (χ4v) is 5.02. The number of nitrogens with one attached hydrogen (secondary N) is 2. The van der Waals surface area contributed by atoms with Gasteiger partial charge in [0, 0.05) is 44.0 Å². The minimum atomic E-state index is -3.12. The van der Waals surface area contributed by atoms with Gasteiger partial charge in [0.15, 0.2) is 0 Å². The van der Waals surface area contributed by atoms with Crippen molar-refractivity contribution >= 4 is 21.8 Å². The number of nitrogens with zero attached hydrogens (tertiary/aromatic N) is 1. The van der Waals surface area contributed by atoms with Crippen LogP contribution in [-0.2, 0) is 10.0 Å². The molecular weight excluding hydrogens is 294 g/mol. The molecule has 20 heavy (non-hydrogen) atoms. The van der Waals surface area contributed by atoms with E-state index in [2.05, 4.69) is 21.2 Å². The Kier molecular flexibility index (Phi) is 6.61. The van der Waals surface area contributed by atoms with Gasteiger partial charge < -0.3 is 5.32 Å². The first-order valence-electron chi connectivity index (χ1n) is 7.55. The third-order valence-electron chi connectivity index (χ3n) is 4.24. The van der Waals surface area contributed by atoms with Crippen LogP contribution in [0.2, 0.25) is 0 Å². The summed E-state index contributed by atoms with van der Waals surface area (Å²) < 4.78 is 27.2. The second-order valence-electron chi connectivity index (χ2n) is 5.74. The summed E-state index contributed by atoms with van der Waals surface area (Å²) in [7, 11) is -3.12. The summed E-state index contributed by atoms with van der Waals surface area (Å²) in [6.45, 7) is 4.48. The van der Waals surface area contributed by atoms with Gasteiger partial charge in [0.05, 0.1) is 5.75 Å². The zero-order chi connectivity index (χ0) is 14.4. The zero-order valence-electron chi connectivity index (χ0n) is 12.3. The fourth-order valence-electron chi connectivity index (χ4n) is 2.91. The van der Waals surface area contributed by atoms with Crippen molar-refractivity contribution in [3.8, 4) is 0 Å². The lowest BCUT2D eigenvalue weighted by atomic mass is 9.96. The van der Waals surface area contributed by atoms with Crippen LogP contribution in [0.3, 0.4) is 0 Å². The van der Waals surface area contributed by atoms with Crippen molar-refractivity contribution in [1.82, 2.24) is 14.9 Å². The number of hydrogen-bond donors (Lipinski definition) is 2. The van der Waals surface area contributed by atoms with E-state index in [4.69, 9.17) is 0 Å². The van der Waals surface area contributed by atoms with Crippen LogP contribution in [0, 0.1) is 0 Å². The fraction of sp³-hybridized carbons (Fsp3) is 1.00. The second kappa shape index (κ2) is 7.98. The summed E-state index contributed by atoms with van der Waals surface area (Å²) in [6, 6.07) is 0.159. The lowest BCUT2D eigenvalue weighted by Crippen LogP contribution is -2.47. The van der Waals surface area contributed by atoms with E-state index < -0.39 is 10.0 Å². The molecule has 2 aliphatic rings. The Hall–Kier alpha value is 0.180. The van der Waals surface area contributed by atoms with Gasteiger partial charge in [-0.2, -0.15) is 11.8 Å². The number of thioether (sulfide) groups is 1. The lowest BCUT2D eigenvalue weighted by molar-refractivity contribution is 0.253. The van der Waals surface area contributed by atoms with E-state index in [1.807, 2.05) is 11.8 Å². The third-order valence-corrected chi connectivity index (χ3v) is 6.79. The molecule has 7 heteroatoms. The van der Waals surface area contributed by atoms with Crippen LogP contribution in [0.4, 0.5) is 0 Å². The number of hydrogen-bond acceptors (Lipinski definition) is 5. The molecule has 0 aromatic heterocycles. The van der Waals surface area contributed by atoms with Crippen molar-refractivity contribution in [2.75, 3.05) is 44.7 Å². The molecular formula is C13H27N3O2S2. The highest BCUT2D eigenvalue weighted by Crippen LogP contribution is 2.27. The average molecular weight is 322 g/mol. The van der Waals surface area contributed by atoms with Crippen molar-refractivity contribution in [2.24, 2.45) is 0 Å². The van der Waals surface area contributed by atoms with E-state index in [-0.39, 0.29) is 11.8 Å². The monoisotopic (exact) mass is 321 g/mol. The van der Waals surface area contributed by atoms with E-state index in [0.717, 1.165) is 57.1 Å². The van der Waals surface area contributed by atoms with Crippen molar-refractivity contribution in [3.05, 3.63) is 0 Å². The van der Waals surface area contributed by atoms with E-state index in [1.165, 1.54) is 0 Å². The highest BCUT2D eigenvalue weighted by Gasteiger charge is 2.24. The first-order valence-corrected chi connectivity index (χ1v) is 10.5. The van der Waals surface area contributed by atoms with Crippen LogP contribution in [0.15, 0.2) is 0 Å². The Morgan fingerprint density at radius 2 is 1.85 bits per heavy atom. The average Bonchev–Trinajstić information content (AvgIpc) is 2.47. The summed E-state index contributed by atoms with van der Waals surface area (Å²) in [5.74, 6) is 0.232. The Balaban J connectivity index is 1.70. The van der Waals surface area contributed by atoms with Crippen molar-refractivity contribution in [3.63, 3.8) is 0 Å². The van der Waals surface area contributed by atoms with Crippen LogP contribution in [-0.4, -0.2) is 69.3 Å². The van der Waals surface area contributed by atoms with Crippen molar-refractivity contribution in [2.45, 2.75) is 37.0 Å². The summed E-state index contributed by atoms with van der Waals surface area (Å²) in [4.78, 5) is 2.22. The predicted octanol–water partition coefficient (Wildman–Crippen LogP) is 0.485. The maximum Gasteiger partial charge on any atom is 0.213 e. The summed E-state index contributed by atoms with van der Waals surface area (Å²) in [5, 5.41) is 4.00. The molecule has 1 aliphatic carbocycles. The molecule has 0 radical (unpaired) electrons. The van der Waals surface area contributed by atoms with E-state index >= 15 is 0 Å². The molecule has 0 amide bonds. The van der Waals surface area contributed by atoms with Gasteiger partial charge in [-0.1, -0.05) is 0 Å². The molecule has 1 saturated carbocycles. The van der Waals surface area contributed by atoms with E-state index in [0.29, 0.717) is 6.54 Å². The molecule has 2 fully saturated rings. The van der Waals surface area contributed by atoms with Gasteiger partial charge in [0.1, 0.15) is 0 Å². The van der Waals surface area contributed by atoms with E-state index in [1.54, 1.807) is 0 Å². The van der Waals surface area contributed by atoms with Gasteiger partial charge in [0.2, 0.25) is 10.0 Å². The molecule has 0 atom stereocenters. The molecule has 0 aromatic rings. The molecule has 118 valence electrons. The molecule has 0 aromatic carbocycles. The lowest BCUT2D eigenvalue weighted by Gasteiger charge is -2.29. The Labute approximate surface area is 127 Å². The molecule has 0 bridgehead atoms. The molecule has 0 unspecified atom stereocenters. The largest absolute Gasteiger partial charge is 0.314 e. The van der Waals surface area contributed by atoms with Gasteiger partial charge in [-0.05, 0) is 31.9 Å². The molecule has 5 nitrogen and oxygen atoms in total. The predicted molar refractivity (Wildman–Crippen MR) is 85.8 cm³/mol. The SMILES string of the molecule is CSC1CCC(NS(=O)(=O)CCN2CCNCC2)CC1. The van der Waals surface area contributed by atoms with Crippen LogP contribution in [0.5, 0.6) is 0 Å². The molecule has 1 saturated heterocycles. The zero-order valence-corrected chi connectivity index (χ0v) is 13.9. The smallest absolute Gasteiger partial charge is 0.213 e. The van der Waals surface area contributed by atoms with Gasteiger partial charge in [-0.3, -0.25) is 4.90 Å². The maximum atomic E-state index is 12.1. The topological polar surface area (TPSA) is 61.4 Å². The Morgan fingerprint density at radius 1 is 1.20 bits per heavy atom. The first kappa shape index (κ1) is 16.5. The normalized spacial score (nSPS) is 29.4. The van der Waals surface area contributed by atoms with Crippen LogP contribution in [0.1, 0.15) is 25.7 Å². The molecule has 2 N–H and O–H groups in total. The van der Waals surface area contributed by atoms with Gasteiger partial charge in [-0.25, -0.2) is 13.1 Å². The Bertz CT molecular complexity index is 375.